The molecule has 0 N–H and O–H groups in total. The number of anilines is 1. The largest absolute Gasteiger partial charge is 0.339 e. The molecule has 0 bridgehead atoms. The summed E-state index contributed by atoms with van der Waals surface area (Å²) in [6, 6.07) is 17.4. The molecule has 2 aromatic rings. The van der Waals surface area contributed by atoms with Gasteiger partial charge in [0.05, 0.1) is 11.9 Å². The van der Waals surface area contributed by atoms with Gasteiger partial charge in [-0.3, -0.25) is 14.0 Å². The van der Waals surface area contributed by atoms with Gasteiger partial charge in [0.15, 0.2) is 0 Å². The number of carbonyl (C=O) groups excluding carboxylic acids is 1. The van der Waals surface area contributed by atoms with Crippen LogP contribution in [-0.2, 0) is 14.8 Å². The second kappa shape index (κ2) is 9.91. The first kappa shape index (κ1) is 22.1. The Labute approximate surface area is 179 Å². The molecule has 1 aliphatic heterocycles. The minimum Gasteiger partial charge on any atom is -0.339 e. The summed E-state index contributed by atoms with van der Waals surface area (Å²) in [7, 11) is -3.56. The van der Waals surface area contributed by atoms with E-state index in [4.69, 9.17) is 0 Å². The third-order valence-electron chi connectivity index (χ3n) is 5.26. The van der Waals surface area contributed by atoms with Gasteiger partial charge in [0.1, 0.15) is 6.54 Å². The van der Waals surface area contributed by atoms with E-state index in [-0.39, 0.29) is 12.5 Å². The first-order valence-electron chi connectivity index (χ1n) is 10.1. The standard InChI is InChI=1S/C23H29N3O3S/c1-20-9-6-7-13-22(20)26(30(2,28)29)19-23(27)25-17-15-24(16-18-25)14-8-12-21-10-4-3-5-11-21/h3-13H,14-19H2,1-2H3. The van der Waals surface area contributed by atoms with Crippen molar-refractivity contribution in [3.8, 4) is 0 Å². The van der Waals surface area contributed by atoms with Crippen LogP contribution in [0.1, 0.15) is 11.1 Å². The Kier molecular flexibility index (Phi) is 7.29. The number of nitrogens with zero attached hydrogens (tertiary/aromatic N) is 3. The Hall–Kier alpha value is -2.64. The normalized spacial score (nSPS) is 15.5. The van der Waals surface area contributed by atoms with Crippen LogP contribution >= 0.6 is 0 Å². The van der Waals surface area contributed by atoms with Gasteiger partial charge in [-0.1, -0.05) is 60.7 Å². The molecule has 1 fully saturated rings. The third kappa shape index (κ3) is 5.93. The summed E-state index contributed by atoms with van der Waals surface area (Å²) in [5.74, 6) is -0.164. The number of hydrogen-bond donors (Lipinski definition) is 0. The number of sulfonamides is 1. The second-order valence-electron chi connectivity index (χ2n) is 7.55. The average molecular weight is 428 g/mol. The molecule has 3 rings (SSSR count). The van der Waals surface area contributed by atoms with Gasteiger partial charge in [-0.05, 0) is 24.1 Å². The Bertz CT molecular complexity index is 982. The van der Waals surface area contributed by atoms with Crippen LogP contribution in [0.3, 0.4) is 0 Å². The first-order chi connectivity index (χ1) is 14.3. The topological polar surface area (TPSA) is 60.9 Å². The second-order valence-corrected chi connectivity index (χ2v) is 9.46. The number of piperazine rings is 1. The molecule has 1 saturated heterocycles. The fourth-order valence-electron chi connectivity index (χ4n) is 3.53. The number of para-hydroxylation sites is 1. The van der Waals surface area contributed by atoms with Crippen molar-refractivity contribution < 1.29 is 13.2 Å². The van der Waals surface area contributed by atoms with E-state index in [1.54, 1.807) is 17.0 Å². The molecule has 0 unspecified atom stereocenters. The molecule has 1 amide bonds. The van der Waals surface area contributed by atoms with Gasteiger partial charge < -0.3 is 4.90 Å². The van der Waals surface area contributed by atoms with Gasteiger partial charge in [0.2, 0.25) is 15.9 Å². The van der Waals surface area contributed by atoms with E-state index in [9.17, 15) is 13.2 Å². The van der Waals surface area contributed by atoms with E-state index in [2.05, 4.69) is 29.2 Å². The minimum atomic E-state index is -3.56. The monoisotopic (exact) mass is 427 g/mol. The zero-order valence-corrected chi connectivity index (χ0v) is 18.4. The molecule has 1 heterocycles. The van der Waals surface area contributed by atoms with Crippen LogP contribution in [0.25, 0.3) is 6.08 Å². The summed E-state index contributed by atoms with van der Waals surface area (Å²) < 4.78 is 25.9. The highest BCUT2D eigenvalue weighted by atomic mass is 32.2. The van der Waals surface area contributed by atoms with Crippen LogP contribution in [0.15, 0.2) is 60.7 Å². The van der Waals surface area contributed by atoms with E-state index in [1.807, 2.05) is 37.3 Å². The highest BCUT2D eigenvalue weighted by molar-refractivity contribution is 7.92. The Morgan fingerprint density at radius 2 is 1.63 bits per heavy atom. The van der Waals surface area contributed by atoms with E-state index in [1.165, 1.54) is 9.87 Å². The van der Waals surface area contributed by atoms with E-state index in [0.29, 0.717) is 18.8 Å². The Balaban J connectivity index is 1.55. The van der Waals surface area contributed by atoms with Crippen LogP contribution < -0.4 is 4.31 Å². The van der Waals surface area contributed by atoms with Crippen molar-refractivity contribution in [1.29, 1.82) is 0 Å². The fourth-order valence-corrected chi connectivity index (χ4v) is 4.44. The molecule has 0 atom stereocenters. The highest BCUT2D eigenvalue weighted by Gasteiger charge is 2.27. The average Bonchev–Trinajstić information content (AvgIpc) is 2.73. The molecule has 160 valence electrons. The van der Waals surface area contributed by atoms with Crippen LogP contribution in [0, 0.1) is 6.92 Å². The number of aryl methyl sites for hydroxylation is 1. The van der Waals surface area contributed by atoms with Gasteiger partial charge in [0, 0.05) is 32.7 Å². The molecule has 1 aliphatic rings. The summed E-state index contributed by atoms with van der Waals surface area (Å²) in [6.07, 6.45) is 5.38. The zero-order valence-electron chi connectivity index (χ0n) is 17.6. The smallest absolute Gasteiger partial charge is 0.243 e. The fraction of sp³-hybridized carbons (Fsp3) is 0.348. The van der Waals surface area contributed by atoms with Gasteiger partial charge in [-0.15, -0.1) is 0 Å². The van der Waals surface area contributed by atoms with E-state index < -0.39 is 10.0 Å². The molecule has 7 heteroatoms. The summed E-state index contributed by atoms with van der Waals surface area (Å²) in [5.41, 5.74) is 2.55. The first-order valence-corrected chi connectivity index (χ1v) is 11.9. The molecule has 0 aliphatic carbocycles. The van der Waals surface area contributed by atoms with Crippen molar-refractivity contribution in [3.05, 3.63) is 71.8 Å². The van der Waals surface area contributed by atoms with E-state index in [0.717, 1.165) is 31.5 Å². The lowest BCUT2D eigenvalue weighted by molar-refractivity contribution is -0.131. The molecule has 0 saturated carbocycles. The lowest BCUT2D eigenvalue weighted by Gasteiger charge is -2.35. The summed E-state index contributed by atoms with van der Waals surface area (Å²) in [6.45, 7) is 5.25. The predicted octanol–water partition coefficient (Wildman–Crippen LogP) is 2.62. The van der Waals surface area contributed by atoms with Crippen LogP contribution in [0.2, 0.25) is 0 Å². The molecular formula is C23H29N3O3S. The molecule has 2 aromatic carbocycles. The molecule has 0 spiro atoms. The van der Waals surface area contributed by atoms with Crippen molar-refractivity contribution in [2.24, 2.45) is 0 Å². The Morgan fingerprint density at radius 3 is 2.27 bits per heavy atom. The maximum atomic E-state index is 12.8. The number of carbonyl (C=O) groups is 1. The van der Waals surface area contributed by atoms with Gasteiger partial charge in [-0.25, -0.2) is 8.42 Å². The van der Waals surface area contributed by atoms with Crippen LogP contribution in [-0.4, -0.2) is 69.6 Å². The lowest BCUT2D eigenvalue weighted by Crippen LogP contribution is -2.51. The van der Waals surface area contributed by atoms with Crippen molar-refractivity contribution in [2.75, 3.05) is 49.8 Å². The number of amides is 1. The quantitative estimate of drug-likeness (QED) is 0.682. The molecular weight excluding hydrogens is 398 g/mol. The van der Waals surface area contributed by atoms with Gasteiger partial charge in [-0.2, -0.15) is 0 Å². The SMILES string of the molecule is Cc1ccccc1N(CC(=O)N1CCN(CC=Cc2ccccc2)CC1)S(C)(=O)=O. The molecule has 6 nitrogen and oxygen atoms in total. The van der Waals surface area contributed by atoms with Crippen molar-refractivity contribution in [1.82, 2.24) is 9.80 Å². The maximum absolute atomic E-state index is 12.8. The third-order valence-corrected chi connectivity index (χ3v) is 6.39. The molecule has 0 aromatic heterocycles. The van der Waals surface area contributed by atoms with Crippen LogP contribution in [0.5, 0.6) is 0 Å². The van der Waals surface area contributed by atoms with Crippen LogP contribution in [0.4, 0.5) is 5.69 Å². The maximum Gasteiger partial charge on any atom is 0.243 e. The summed E-state index contributed by atoms with van der Waals surface area (Å²) in [4.78, 5) is 16.9. The molecule has 30 heavy (non-hydrogen) atoms. The van der Waals surface area contributed by atoms with E-state index >= 15 is 0 Å². The van der Waals surface area contributed by atoms with Crippen molar-refractivity contribution in [3.63, 3.8) is 0 Å². The number of rotatable bonds is 7. The van der Waals surface area contributed by atoms with Crippen molar-refractivity contribution in [2.45, 2.75) is 6.92 Å². The lowest BCUT2D eigenvalue weighted by atomic mass is 10.2. The van der Waals surface area contributed by atoms with Crippen molar-refractivity contribution >= 4 is 27.7 Å². The summed E-state index contributed by atoms with van der Waals surface area (Å²) >= 11 is 0. The highest BCUT2D eigenvalue weighted by Crippen LogP contribution is 2.22. The predicted molar refractivity (Wildman–Crippen MR) is 122 cm³/mol. The summed E-state index contributed by atoms with van der Waals surface area (Å²) in [5, 5.41) is 0. The van der Waals surface area contributed by atoms with Gasteiger partial charge >= 0.3 is 0 Å². The Morgan fingerprint density at radius 1 is 1.00 bits per heavy atom. The zero-order chi connectivity index (χ0) is 21.6. The number of hydrogen-bond acceptors (Lipinski definition) is 4. The van der Waals surface area contributed by atoms with Gasteiger partial charge in [0.25, 0.3) is 0 Å². The minimum absolute atomic E-state index is 0.164. The number of benzene rings is 2. The molecule has 0 radical (unpaired) electrons.